The fraction of sp³-hybridized carbons (Fsp3) is 0.133. The number of aromatic amines is 1. The second-order valence-corrected chi connectivity index (χ2v) is 4.89. The highest BCUT2D eigenvalue weighted by Gasteiger charge is 2.09. The number of anilines is 1. The Morgan fingerprint density at radius 2 is 1.74 bits per heavy atom. The number of aromatic nitrogens is 2. The van der Waals surface area contributed by atoms with Crippen LogP contribution in [0.2, 0.25) is 0 Å². The van der Waals surface area contributed by atoms with Crippen molar-refractivity contribution in [3.63, 3.8) is 0 Å². The lowest BCUT2D eigenvalue weighted by molar-refractivity contribution is 1.01. The van der Waals surface area contributed by atoms with Crippen LogP contribution in [0.3, 0.4) is 0 Å². The Kier molecular flexibility index (Phi) is 2.45. The average Bonchev–Trinajstić information content (AvgIpc) is 2.62. The number of hydrogen-bond acceptors (Lipinski definition) is 2. The monoisotopic (exact) mass is 253 g/mol. The second-order valence-electron chi connectivity index (χ2n) is 4.89. The van der Waals surface area contributed by atoms with Crippen molar-refractivity contribution in [1.29, 1.82) is 0 Å². The van der Waals surface area contributed by atoms with Gasteiger partial charge in [0.1, 0.15) is 0 Å². The number of aryl methyl sites for hydroxylation is 2. The number of nitrogen functional groups attached to an aromatic ring is 1. The highest BCUT2D eigenvalue weighted by molar-refractivity contribution is 5.80. The highest BCUT2D eigenvalue weighted by Crippen LogP contribution is 2.19. The summed E-state index contributed by atoms with van der Waals surface area (Å²) < 4.78 is 1.68. The van der Waals surface area contributed by atoms with E-state index in [2.05, 4.69) is 11.1 Å². The molecule has 96 valence electrons. The van der Waals surface area contributed by atoms with Gasteiger partial charge in [-0.1, -0.05) is 6.07 Å². The SMILES string of the molecule is Cc1cc(C)cc(-n2c(=O)[nH]c3cc(N)ccc32)c1. The minimum atomic E-state index is -0.148. The third-order valence-electron chi connectivity index (χ3n) is 3.17. The van der Waals surface area contributed by atoms with Crippen molar-refractivity contribution in [3.05, 3.63) is 58.0 Å². The Labute approximate surface area is 110 Å². The molecule has 0 unspecified atom stereocenters. The van der Waals surface area contributed by atoms with Gasteiger partial charge in [-0.3, -0.25) is 4.57 Å². The maximum atomic E-state index is 12.1. The minimum absolute atomic E-state index is 0.148. The molecule has 3 rings (SSSR count). The van der Waals surface area contributed by atoms with Crippen LogP contribution < -0.4 is 11.4 Å². The van der Waals surface area contributed by atoms with Crippen LogP contribution in [0.4, 0.5) is 5.69 Å². The smallest absolute Gasteiger partial charge is 0.331 e. The molecule has 0 atom stereocenters. The molecule has 0 radical (unpaired) electrons. The van der Waals surface area contributed by atoms with Gasteiger partial charge < -0.3 is 10.7 Å². The Morgan fingerprint density at radius 1 is 1.05 bits per heavy atom. The van der Waals surface area contributed by atoms with Crippen molar-refractivity contribution in [2.24, 2.45) is 0 Å². The van der Waals surface area contributed by atoms with E-state index in [1.165, 1.54) is 0 Å². The van der Waals surface area contributed by atoms with Crippen LogP contribution in [0.5, 0.6) is 0 Å². The second kappa shape index (κ2) is 4.02. The Hall–Kier alpha value is -2.49. The molecule has 19 heavy (non-hydrogen) atoms. The summed E-state index contributed by atoms with van der Waals surface area (Å²) >= 11 is 0. The van der Waals surface area contributed by atoms with Gasteiger partial charge in [-0.2, -0.15) is 0 Å². The van der Waals surface area contributed by atoms with E-state index in [0.717, 1.165) is 27.8 Å². The zero-order valence-corrected chi connectivity index (χ0v) is 10.9. The van der Waals surface area contributed by atoms with Gasteiger partial charge in [0.15, 0.2) is 0 Å². The molecule has 3 aromatic rings. The van der Waals surface area contributed by atoms with Gasteiger partial charge in [-0.15, -0.1) is 0 Å². The maximum Gasteiger partial charge on any atom is 0.331 e. The molecular formula is C15H15N3O. The molecule has 0 aliphatic carbocycles. The van der Waals surface area contributed by atoms with Crippen molar-refractivity contribution in [2.45, 2.75) is 13.8 Å². The summed E-state index contributed by atoms with van der Waals surface area (Å²) in [5.74, 6) is 0. The molecule has 0 amide bonds. The summed E-state index contributed by atoms with van der Waals surface area (Å²) in [6.07, 6.45) is 0. The number of hydrogen-bond donors (Lipinski definition) is 2. The largest absolute Gasteiger partial charge is 0.399 e. The summed E-state index contributed by atoms with van der Waals surface area (Å²) in [6.45, 7) is 4.04. The van der Waals surface area contributed by atoms with Crippen molar-refractivity contribution < 1.29 is 0 Å². The summed E-state index contributed by atoms with van der Waals surface area (Å²) in [7, 11) is 0. The van der Waals surface area contributed by atoms with Gasteiger partial charge in [-0.25, -0.2) is 4.79 Å². The third-order valence-corrected chi connectivity index (χ3v) is 3.17. The maximum absolute atomic E-state index is 12.1. The van der Waals surface area contributed by atoms with Gasteiger partial charge in [0.05, 0.1) is 16.7 Å². The lowest BCUT2D eigenvalue weighted by Gasteiger charge is -2.06. The van der Waals surface area contributed by atoms with E-state index in [1.54, 1.807) is 16.7 Å². The van der Waals surface area contributed by atoms with E-state index in [9.17, 15) is 4.79 Å². The first kappa shape index (κ1) is 11.6. The summed E-state index contributed by atoms with van der Waals surface area (Å²) in [5.41, 5.74) is 11.0. The first-order valence-electron chi connectivity index (χ1n) is 6.13. The number of nitrogens with one attached hydrogen (secondary N) is 1. The lowest BCUT2D eigenvalue weighted by atomic mass is 10.1. The summed E-state index contributed by atoms with van der Waals surface area (Å²) in [6, 6.07) is 11.5. The van der Waals surface area contributed by atoms with E-state index in [0.29, 0.717) is 5.69 Å². The van der Waals surface area contributed by atoms with Gasteiger partial charge in [-0.05, 0) is 55.3 Å². The topological polar surface area (TPSA) is 63.8 Å². The zero-order chi connectivity index (χ0) is 13.6. The van der Waals surface area contributed by atoms with Crippen LogP contribution in [-0.4, -0.2) is 9.55 Å². The normalized spacial score (nSPS) is 11.1. The first-order valence-corrected chi connectivity index (χ1v) is 6.13. The Balaban J connectivity index is 2.36. The van der Waals surface area contributed by atoms with Crippen LogP contribution in [-0.2, 0) is 0 Å². The van der Waals surface area contributed by atoms with Crippen LogP contribution in [0, 0.1) is 13.8 Å². The van der Waals surface area contributed by atoms with E-state index in [1.807, 2.05) is 32.0 Å². The van der Waals surface area contributed by atoms with E-state index in [4.69, 9.17) is 5.73 Å². The number of fused-ring (bicyclic) bond motifs is 1. The predicted octanol–water partition coefficient (Wildman–Crippen LogP) is 2.52. The third kappa shape index (κ3) is 1.91. The Bertz CT molecular complexity index is 807. The molecule has 3 N–H and O–H groups in total. The van der Waals surface area contributed by atoms with Crippen molar-refractivity contribution in [2.75, 3.05) is 5.73 Å². The fourth-order valence-corrected chi connectivity index (χ4v) is 2.47. The lowest BCUT2D eigenvalue weighted by Crippen LogP contribution is -2.14. The molecule has 1 heterocycles. The number of H-pyrrole nitrogens is 1. The van der Waals surface area contributed by atoms with Gasteiger partial charge in [0.25, 0.3) is 0 Å². The van der Waals surface area contributed by atoms with Crippen LogP contribution in [0.25, 0.3) is 16.7 Å². The van der Waals surface area contributed by atoms with E-state index >= 15 is 0 Å². The summed E-state index contributed by atoms with van der Waals surface area (Å²) in [4.78, 5) is 15.0. The van der Waals surface area contributed by atoms with Crippen LogP contribution in [0.1, 0.15) is 11.1 Å². The molecule has 0 spiro atoms. The molecule has 0 bridgehead atoms. The molecule has 0 aliphatic rings. The fourth-order valence-electron chi connectivity index (χ4n) is 2.47. The molecule has 2 aromatic carbocycles. The number of benzene rings is 2. The van der Waals surface area contributed by atoms with E-state index in [-0.39, 0.29) is 5.69 Å². The van der Waals surface area contributed by atoms with Gasteiger partial charge in [0, 0.05) is 5.69 Å². The quantitative estimate of drug-likeness (QED) is 0.654. The van der Waals surface area contributed by atoms with Gasteiger partial charge in [0.2, 0.25) is 0 Å². The first-order chi connectivity index (χ1) is 9.04. The van der Waals surface area contributed by atoms with Crippen molar-refractivity contribution in [1.82, 2.24) is 9.55 Å². The number of nitrogens with two attached hydrogens (primary N) is 1. The zero-order valence-electron chi connectivity index (χ0n) is 10.9. The van der Waals surface area contributed by atoms with Gasteiger partial charge >= 0.3 is 5.69 Å². The Morgan fingerprint density at radius 3 is 2.42 bits per heavy atom. The van der Waals surface area contributed by atoms with Crippen LogP contribution in [0.15, 0.2) is 41.2 Å². The standard InChI is InChI=1S/C15H15N3O/c1-9-5-10(2)7-12(6-9)18-14-4-3-11(16)8-13(14)17-15(18)19/h3-8H,16H2,1-2H3,(H,17,19). The average molecular weight is 253 g/mol. The molecular weight excluding hydrogens is 238 g/mol. The predicted molar refractivity (Wildman–Crippen MR) is 77.8 cm³/mol. The number of nitrogens with zero attached hydrogens (tertiary/aromatic N) is 1. The molecule has 4 nitrogen and oxygen atoms in total. The summed E-state index contributed by atoms with van der Waals surface area (Å²) in [5, 5.41) is 0. The number of imidazole rings is 1. The molecule has 0 saturated heterocycles. The highest BCUT2D eigenvalue weighted by atomic mass is 16.1. The molecule has 1 aromatic heterocycles. The molecule has 4 heteroatoms. The van der Waals surface area contributed by atoms with E-state index < -0.39 is 0 Å². The van der Waals surface area contributed by atoms with Crippen LogP contribution >= 0.6 is 0 Å². The molecule has 0 aliphatic heterocycles. The number of rotatable bonds is 1. The molecule has 0 fully saturated rings. The minimum Gasteiger partial charge on any atom is -0.399 e. The van der Waals surface area contributed by atoms with Crippen molar-refractivity contribution in [3.8, 4) is 5.69 Å². The molecule has 0 saturated carbocycles. The van der Waals surface area contributed by atoms with Crippen molar-refractivity contribution >= 4 is 16.7 Å².